The van der Waals surface area contributed by atoms with Crippen LogP contribution in [0.3, 0.4) is 0 Å². The van der Waals surface area contributed by atoms with Crippen LogP contribution >= 0.6 is 0 Å². The van der Waals surface area contributed by atoms with E-state index < -0.39 is 0 Å². The zero-order chi connectivity index (χ0) is 32.7. The Morgan fingerprint density at radius 2 is 1.30 bits per heavy atom. The summed E-state index contributed by atoms with van der Waals surface area (Å²) in [6.07, 6.45) is 3.44. The van der Waals surface area contributed by atoms with Crippen molar-refractivity contribution in [3.05, 3.63) is 188 Å². The van der Waals surface area contributed by atoms with Crippen molar-refractivity contribution in [1.82, 2.24) is 4.57 Å². The Balaban J connectivity index is 0.000000145. The van der Waals surface area contributed by atoms with Crippen molar-refractivity contribution in [1.29, 1.82) is 0 Å². The third-order valence-electron chi connectivity index (χ3n) is 9.13. The molecule has 50 heavy (non-hydrogen) atoms. The number of hydrogen-bond donors (Lipinski definition) is 0. The maximum atomic E-state index is 6.25. The van der Waals surface area contributed by atoms with Crippen LogP contribution in [0, 0.1) is 31.5 Å². The number of para-hydroxylation sites is 4. The first-order valence-electron chi connectivity index (χ1n) is 16.4. The number of hydrogen-bond acceptors (Lipinski definition) is 2. The van der Waals surface area contributed by atoms with Gasteiger partial charge in [-0.15, -0.1) is 17.6 Å². The predicted octanol–water partition coefficient (Wildman–Crippen LogP) is 7.51. The van der Waals surface area contributed by atoms with Gasteiger partial charge in [-0.3, -0.25) is 4.57 Å². The topological polar surface area (TPSA) is 21.3 Å². The van der Waals surface area contributed by atoms with Crippen LogP contribution in [0.4, 0.5) is 17.1 Å². The van der Waals surface area contributed by atoms with Gasteiger partial charge in [-0.2, -0.15) is 72.2 Å². The second kappa shape index (κ2) is 13.3. The predicted molar refractivity (Wildman–Crippen MR) is 197 cm³/mol. The fourth-order valence-electron chi connectivity index (χ4n) is 6.91. The molecule has 8 aromatic rings. The first-order chi connectivity index (χ1) is 24.2. The van der Waals surface area contributed by atoms with E-state index in [2.05, 4.69) is 149 Å². The molecule has 0 fully saturated rings. The Kier molecular flexibility index (Phi) is 8.44. The quantitative estimate of drug-likeness (QED) is 0.105. The fraction of sp³-hybridized carbons (Fsp3) is 0.0227. The molecule has 2 aliphatic rings. The van der Waals surface area contributed by atoms with Gasteiger partial charge in [-0.05, 0) is 54.5 Å². The van der Waals surface area contributed by atoms with Gasteiger partial charge >= 0.3 is 21.1 Å². The Morgan fingerprint density at radius 1 is 0.600 bits per heavy atom. The van der Waals surface area contributed by atoms with Gasteiger partial charge < -0.3 is 14.2 Å². The van der Waals surface area contributed by atoms with Crippen LogP contribution in [0.15, 0.2) is 158 Å². The molecule has 6 heteroatoms. The zero-order valence-corrected chi connectivity index (χ0v) is 29.4. The van der Waals surface area contributed by atoms with Crippen molar-refractivity contribution in [3.63, 3.8) is 0 Å². The van der Waals surface area contributed by atoms with E-state index in [0.29, 0.717) is 0 Å². The minimum Gasteiger partial charge on any atom is -0.518 e. The summed E-state index contributed by atoms with van der Waals surface area (Å²) in [5.41, 5.74) is 12.5. The molecule has 0 atom stereocenters. The SMILES string of the molecule is Cc1ccc(-[n+]2[c-]n(-c3[c-]cccc3)c3ccccc32)cc1.[Pt+4].[c-]1cccc2c1B1c3[c-]cccc3N(c3ccccc3)c3cccc(c31)O2. The number of rotatable bonds is 3. The molecule has 2 aliphatic heterocycles. The molecule has 1 aromatic heterocycles. The minimum atomic E-state index is 0. The maximum absolute atomic E-state index is 6.25. The molecule has 0 spiro atoms. The van der Waals surface area contributed by atoms with Crippen LogP contribution in [0.25, 0.3) is 22.4 Å². The van der Waals surface area contributed by atoms with Gasteiger partial charge in [0.25, 0.3) is 6.33 Å². The van der Waals surface area contributed by atoms with E-state index in [9.17, 15) is 0 Å². The van der Waals surface area contributed by atoms with Crippen molar-refractivity contribution in [2.24, 2.45) is 0 Å². The molecule has 0 N–H and O–H groups in total. The van der Waals surface area contributed by atoms with E-state index in [1.54, 1.807) is 0 Å². The summed E-state index contributed by atoms with van der Waals surface area (Å²) in [5, 5.41) is 0. The van der Waals surface area contributed by atoms with Crippen molar-refractivity contribution >= 4 is 51.2 Å². The van der Waals surface area contributed by atoms with Gasteiger partial charge in [0.2, 0.25) is 6.71 Å². The van der Waals surface area contributed by atoms with Crippen molar-refractivity contribution in [2.45, 2.75) is 6.92 Å². The average Bonchev–Trinajstić information content (AvgIpc) is 3.56. The van der Waals surface area contributed by atoms with Gasteiger partial charge in [0.1, 0.15) is 5.75 Å². The molecule has 0 bridgehead atoms. The summed E-state index contributed by atoms with van der Waals surface area (Å²) in [5.74, 6) is 1.79. The molecular weight excluding hydrogens is 792 g/mol. The van der Waals surface area contributed by atoms with Crippen LogP contribution in [0.2, 0.25) is 0 Å². The number of aromatic nitrogens is 2. The molecule has 0 radical (unpaired) electrons. The number of ether oxygens (including phenoxy) is 1. The smallest absolute Gasteiger partial charge is 0.518 e. The minimum absolute atomic E-state index is 0. The summed E-state index contributed by atoms with van der Waals surface area (Å²) in [6, 6.07) is 63.9. The van der Waals surface area contributed by atoms with Gasteiger partial charge in [0.05, 0.1) is 16.7 Å². The number of nitrogens with zero attached hydrogens (tertiary/aromatic N) is 3. The first-order valence-corrected chi connectivity index (χ1v) is 16.4. The summed E-state index contributed by atoms with van der Waals surface area (Å²) >= 11 is 0. The second-order valence-corrected chi connectivity index (χ2v) is 12.2. The van der Waals surface area contributed by atoms with Gasteiger partial charge in [-0.25, -0.2) is 0 Å². The monoisotopic (exact) mass is 821 g/mol. The van der Waals surface area contributed by atoms with Gasteiger partial charge in [0, 0.05) is 17.1 Å². The molecule has 0 saturated heterocycles. The first kappa shape index (κ1) is 31.6. The number of imidazole rings is 1. The molecule has 0 unspecified atom stereocenters. The number of fused-ring (bicyclic) bond motifs is 5. The van der Waals surface area contributed by atoms with E-state index in [1.165, 1.54) is 11.0 Å². The Morgan fingerprint density at radius 3 is 2.12 bits per heavy atom. The average molecular weight is 822 g/mol. The van der Waals surface area contributed by atoms with Crippen LogP contribution in [0.5, 0.6) is 11.5 Å². The summed E-state index contributed by atoms with van der Waals surface area (Å²) < 4.78 is 10.4. The van der Waals surface area contributed by atoms with Gasteiger partial charge in [-0.1, -0.05) is 71.9 Å². The molecule has 0 aliphatic carbocycles. The van der Waals surface area contributed by atoms with Crippen LogP contribution in [0.1, 0.15) is 5.56 Å². The summed E-state index contributed by atoms with van der Waals surface area (Å²) in [6.45, 7) is 2.18. The third kappa shape index (κ3) is 5.45. The van der Waals surface area contributed by atoms with E-state index in [1.807, 2.05) is 54.6 Å². The maximum Gasteiger partial charge on any atom is 4.00 e. The molecular formula is C44H29BN3OPt+. The molecule has 0 amide bonds. The van der Waals surface area contributed by atoms with E-state index >= 15 is 0 Å². The Hall–Kier alpha value is -5.64. The Bertz CT molecular complexity index is 2450. The number of benzene rings is 7. The van der Waals surface area contributed by atoms with Crippen molar-refractivity contribution in [3.8, 4) is 22.9 Å². The molecule has 10 rings (SSSR count). The molecule has 238 valence electrons. The largest absolute Gasteiger partial charge is 4.00 e. The second-order valence-electron chi connectivity index (χ2n) is 12.2. The molecule has 3 heterocycles. The van der Waals surface area contributed by atoms with Crippen LogP contribution in [-0.2, 0) is 21.1 Å². The zero-order valence-electron chi connectivity index (χ0n) is 27.2. The van der Waals surface area contributed by atoms with E-state index in [0.717, 1.165) is 61.9 Å². The molecule has 7 aromatic carbocycles. The van der Waals surface area contributed by atoms with E-state index in [-0.39, 0.29) is 27.8 Å². The normalized spacial score (nSPS) is 12.0. The number of anilines is 3. The fourth-order valence-corrected chi connectivity index (χ4v) is 6.91. The number of aryl methyl sites for hydroxylation is 1. The standard InChI is InChI=1S/C24H14BNO.C20H15N2.Pt/c1-2-9-17(10-3-1)26-20-13-6-4-11-18(20)25-19-12-5-7-15-22(19)27-23-16-8-14-21(26)24(23)25;1-16-11-13-18(14-12-16)22-15-21(17-7-3-2-4-8-17)19-9-5-6-10-20(19)22;/h1-10,13-16H;2-7,9-14H,1H3;/q-2;-1;+4. The van der Waals surface area contributed by atoms with Crippen LogP contribution in [-0.4, -0.2) is 11.3 Å². The van der Waals surface area contributed by atoms with Gasteiger partial charge in [0.15, 0.2) is 0 Å². The molecule has 4 nitrogen and oxygen atoms in total. The van der Waals surface area contributed by atoms with E-state index in [4.69, 9.17) is 4.74 Å². The summed E-state index contributed by atoms with van der Waals surface area (Å²) in [4.78, 5) is 2.30. The summed E-state index contributed by atoms with van der Waals surface area (Å²) in [7, 11) is 0. The van der Waals surface area contributed by atoms with Crippen LogP contribution < -0.4 is 30.6 Å². The molecule has 0 saturated carbocycles. The van der Waals surface area contributed by atoms with Crippen molar-refractivity contribution < 1.29 is 30.4 Å². The van der Waals surface area contributed by atoms with Crippen molar-refractivity contribution in [2.75, 3.05) is 4.90 Å². The Labute approximate surface area is 307 Å². The third-order valence-corrected chi connectivity index (χ3v) is 9.13.